The summed E-state index contributed by atoms with van der Waals surface area (Å²) >= 11 is 0. The second-order valence-electron chi connectivity index (χ2n) is 5.05. The van der Waals surface area contributed by atoms with Crippen LogP contribution in [0.4, 0.5) is 0 Å². The Labute approximate surface area is 114 Å². The average molecular weight is 255 g/mol. The summed E-state index contributed by atoms with van der Waals surface area (Å²) < 4.78 is 5.98. The fourth-order valence-corrected chi connectivity index (χ4v) is 2.11. The Balaban J connectivity index is 2.40. The Morgan fingerprint density at radius 2 is 2.00 bits per heavy atom. The maximum Gasteiger partial charge on any atom is 0.131 e. The molecule has 0 radical (unpaired) electrons. The van der Waals surface area contributed by atoms with Gasteiger partial charge in [-0.15, -0.1) is 6.58 Å². The number of nitrogens with two attached hydrogens (primary N) is 1. The van der Waals surface area contributed by atoms with Gasteiger partial charge in [0, 0.05) is 23.4 Å². The molecule has 2 nitrogen and oxygen atoms in total. The molecule has 0 aliphatic heterocycles. The molecule has 0 aliphatic rings. The number of rotatable bonds is 5. The van der Waals surface area contributed by atoms with Crippen LogP contribution in [-0.2, 0) is 0 Å². The zero-order chi connectivity index (χ0) is 13.8. The van der Waals surface area contributed by atoms with Gasteiger partial charge in [-0.1, -0.05) is 42.0 Å². The van der Waals surface area contributed by atoms with E-state index in [0.29, 0.717) is 6.61 Å². The fraction of sp³-hybridized carbons (Fsp3) is 0.294. The molecule has 0 saturated carbocycles. The van der Waals surface area contributed by atoms with Crippen molar-refractivity contribution in [2.24, 2.45) is 5.73 Å². The van der Waals surface area contributed by atoms with Crippen LogP contribution in [0.3, 0.4) is 0 Å². The standard InChI is InChI=1S/C17H21NO/c1-12(2)10-11-19-17-15(13(3)18)9-8-14-6-4-5-7-16(14)17/h4-9,13H,1,10-11,18H2,2-3H3/t13-/m0/s1. The first kappa shape index (κ1) is 13.6. The van der Waals surface area contributed by atoms with Gasteiger partial charge in [-0.25, -0.2) is 0 Å². The smallest absolute Gasteiger partial charge is 0.131 e. The average Bonchev–Trinajstić information content (AvgIpc) is 2.38. The Morgan fingerprint density at radius 1 is 1.26 bits per heavy atom. The molecule has 2 heteroatoms. The molecule has 2 aromatic rings. The molecular weight excluding hydrogens is 234 g/mol. The predicted octanol–water partition coefficient (Wildman–Crippen LogP) is 4.20. The number of hydrogen-bond donors (Lipinski definition) is 1. The van der Waals surface area contributed by atoms with E-state index in [4.69, 9.17) is 10.5 Å². The Morgan fingerprint density at radius 3 is 2.68 bits per heavy atom. The lowest BCUT2D eigenvalue weighted by Crippen LogP contribution is -2.09. The van der Waals surface area contributed by atoms with E-state index in [9.17, 15) is 0 Å². The first-order chi connectivity index (χ1) is 9.09. The van der Waals surface area contributed by atoms with Crippen molar-refractivity contribution in [3.63, 3.8) is 0 Å². The summed E-state index contributed by atoms with van der Waals surface area (Å²) in [5.41, 5.74) is 8.22. The second-order valence-corrected chi connectivity index (χ2v) is 5.05. The number of fused-ring (bicyclic) bond motifs is 1. The van der Waals surface area contributed by atoms with E-state index in [1.807, 2.05) is 26.0 Å². The molecular formula is C17H21NO. The molecule has 0 saturated heterocycles. The molecule has 2 rings (SSSR count). The Hall–Kier alpha value is -1.80. The third-order valence-corrected chi connectivity index (χ3v) is 3.18. The second kappa shape index (κ2) is 5.89. The lowest BCUT2D eigenvalue weighted by atomic mass is 10.0. The maximum absolute atomic E-state index is 6.04. The van der Waals surface area contributed by atoms with Gasteiger partial charge in [-0.2, -0.15) is 0 Å². The quantitative estimate of drug-likeness (QED) is 0.812. The van der Waals surface area contributed by atoms with Crippen LogP contribution < -0.4 is 10.5 Å². The minimum Gasteiger partial charge on any atom is -0.492 e. The molecule has 0 amide bonds. The van der Waals surface area contributed by atoms with Crippen molar-refractivity contribution in [3.05, 3.63) is 54.1 Å². The summed E-state index contributed by atoms with van der Waals surface area (Å²) in [4.78, 5) is 0. The largest absolute Gasteiger partial charge is 0.492 e. The van der Waals surface area contributed by atoms with Gasteiger partial charge < -0.3 is 10.5 Å². The molecule has 0 heterocycles. The van der Waals surface area contributed by atoms with Crippen LogP contribution in [0.1, 0.15) is 31.9 Å². The minimum absolute atomic E-state index is 0.0376. The van der Waals surface area contributed by atoms with Crippen LogP contribution in [-0.4, -0.2) is 6.61 Å². The van der Waals surface area contributed by atoms with Crippen molar-refractivity contribution in [2.45, 2.75) is 26.3 Å². The third-order valence-electron chi connectivity index (χ3n) is 3.18. The summed E-state index contributed by atoms with van der Waals surface area (Å²) in [7, 11) is 0. The van der Waals surface area contributed by atoms with E-state index in [-0.39, 0.29) is 6.04 Å². The number of hydrogen-bond acceptors (Lipinski definition) is 2. The summed E-state index contributed by atoms with van der Waals surface area (Å²) in [5, 5.41) is 2.30. The van der Waals surface area contributed by atoms with Gasteiger partial charge in [0.25, 0.3) is 0 Å². The zero-order valence-corrected chi connectivity index (χ0v) is 11.6. The summed E-state index contributed by atoms with van der Waals surface area (Å²) in [6.45, 7) is 8.54. The van der Waals surface area contributed by atoms with Gasteiger partial charge in [0.2, 0.25) is 0 Å². The lowest BCUT2D eigenvalue weighted by Gasteiger charge is -2.16. The van der Waals surface area contributed by atoms with Gasteiger partial charge in [0.1, 0.15) is 5.75 Å². The highest BCUT2D eigenvalue weighted by Gasteiger charge is 2.11. The van der Waals surface area contributed by atoms with Gasteiger partial charge >= 0.3 is 0 Å². The van der Waals surface area contributed by atoms with Crippen LogP contribution in [0.25, 0.3) is 10.8 Å². The SMILES string of the molecule is C=C(C)CCOc1c([C@H](C)N)ccc2ccccc12. The molecule has 2 N–H and O–H groups in total. The van der Waals surface area contributed by atoms with Crippen molar-refractivity contribution in [3.8, 4) is 5.75 Å². The first-order valence-electron chi connectivity index (χ1n) is 6.64. The van der Waals surface area contributed by atoms with E-state index in [1.54, 1.807) is 0 Å². The molecule has 2 aromatic carbocycles. The van der Waals surface area contributed by atoms with Crippen molar-refractivity contribution < 1.29 is 4.74 Å². The van der Waals surface area contributed by atoms with Crippen molar-refractivity contribution in [1.29, 1.82) is 0 Å². The van der Waals surface area contributed by atoms with Crippen LogP contribution in [0.2, 0.25) is 0 Å². The van der Waals surface area contributed by atoms with E-state index in [0.717, 1.165) is 28.7 Å². The Kier molecular flexibility index (Phi) is 4.23. The monoisotopic (exact) mass is 255 g/mol. The molecule has 0 bridgehead atoms. The molecule has 0 aliphatic carbocycles. The van der Waals surface area contributed by atoms with Crippen LogP contribution >= 0.6 is 0 Å². The van der Waals surface area contributed by atoms with Crippen LogP contribution in [0, 0.1) is 0 Å². The summed E-state index contributed by atoms with van der Waals surface area (Å²) in [6.07, 6.45) is 0.863. The van der Waals surface area contributed by atoms with E-state index in [1.165, 1.54) is 5.39 Å². The van der Waals surface area contributed by atoms with Gasteiger partial charge in [0.15, 0.2) is 0 Å². The maximum atomic E-state index is 6.04. The predicted molar refractivity (Wildman–Crippen MR) is 81.5 cm³/mol. The van der Waals surface area contributed by atoms with E-state index < -0.39 is 0 Å². The molecule has 0 unspecified atom stereocenters. The van der Waals surface area contributed by atoms with E-state index >= 15 is 0 Å². The van der Waals surface area contributed by atoms with Gasteiger partial charge in [-0.3, -0.25) is 0 Å². The van der Waals surface area contributed by atoms with Gasteiger partial charge in [-0.05, 0) is 19.2 Å². The third kappa shape index (κ3) is 3.15. The summed E-state index contributed by atoms with van der Waals surface area (Å²) in [5.74, 6) is 0.911. The molecule has 19 heavy (non-hydrogen) atoms. The zero-order valence-electron chi connectivity index (χ0n) is 11.6. The number of ether oxygens (including phenoxy) is 1. The lowest BCUT2D eigenvalue weighted by molar-refractivity contribution is 0.321. The number of benzene rings is 2. The molecule has 0 fully saturated rings. The normalized spacial score (nSPS) is 12.4. The molecule has 100 valence electrons. The highest BCUT2D eigenvalue weighted by atomic mass is 16.5. The first-order valence-corrected chi connectivity index (χ1v) is 6.64. The highest BCUT2D eigenvalue weighted by molar-refractivity contribution is 5.89. The minimum atomic E-state index is -0.0376. The molecule has 0 aromatic heterocycles. The Bertz CT molecular complexity index is 587. The summed E-state index contributed by atoms with van der Waals surface area (Å²) in [6, 6.07) is 12.3. The van der Waals surface area contributed by atoms with Crippen LogP contribution in [0.5, 0.6) is 5.75 Å². The van der Waals surface area contributed by atoms with E-state index in [2.05, 4.69) is 30.8 Å². The molecule has 1 atom stereocenters. The van der Waals surface area contributed by atoms with Crippen molar-refractivity contribution >= 4 is 10.8 Å². The van der Waals surface area contributed by atoms with Crippen molar-refractivity contribution in [2.75, 3.05) is 6.61 Å². The fourth-order valence-electron chi connectivity index (χ4n) is 2.11. The van der Waals surface area contributed by atoms with Crippen LogP contribution in [0.15, 0.2) is 48.6 Å². The topological polar surface area (TPSA) is 35.2 Å². The molecule has 0 spiro atoms. The highest BCUT2D eigenvalue weighted by Crippen LogP contribution is 2.33. The van der Waals surface area contributed by atoms with Crippen molar-refractivity contribution in [1.82, 2.24) is 0 Å². The van der Waals surface area contributed by atoms with Gasteiger partial charge in [0.05, 0.1) is 6.61 Å².